The van der Waals surface area contributed by atoms with E-state index < -0.39 is 0 Å². The number of nitrogens with one attached hydrogen (secondary N) is 2. The fourth-order valence-electron chi connectivity index (χ4n) is 3.58. The lowest BCUT2D eigenvalue weighted by molar-refractivity contribution is -0.147. The molecule has 0 bridgehead atoms. The maximum absolute atomic E-state index is 12.0. The van der Waals surface area contributed by atoms with Gasteiger partial charge in [0.1, 0.15) is 0 Å². The van der Waals surface area contributed by atoms with Gasteiger partial charge in [-0.15, -0.1) is 12.4 Å². The quantitative estimate of drug-likeness (QED) is 0.782. The first kappa shape index (κ1) is 18.7. The standard InChI is InChI=1S/C16H30N2O2.ClH/c1-20-16(19)14-8-4-2-3-5-9-15(14)18-12-13-7-6-10-17-11-13;/h13-15,17-18H,2-12H2,1H3;1H. The van der Waals surface area contributed by atoms with Gasteiger partial charge < -0.3 is 15.4 Å². The molecule has 0 spiro atoms. The van der Waals surface area contributed by atoms with Crippen LogP contribution in [0.25, 0.3) is 0 Å². The summed E-state index contributed by atoms with van der Waals surface area (Å²) >= 11 is 0. The average molecular weight is 319 g/mol. The van der Waals surface area contributed by atoms with Gasteiger partial charge in [0, 0.05) is 6.04 Å². The van der Waals surface area contributed by atoms with Crippen LogP contribution in [0.1, 0.15) is 51.4 Å². The maximum Gasteiger partial charge on any atom is 0.310 e. The zero-order valence-electron chi connectivity index (χ0n) is 13.2. The molecule has 0 aromatic heterocycles. The minimum atomic E-state index is -0.0221. The molecule has 2 rings (SSSR count). The van der Waals surface area contributed by atoms with E-state index in [0.29, 0.717) is 12.0 Å². The van der Waals surface area contributed by atoms with Gasteiger partial charge in [-0.05, 0) is 51.2 Å². The third-order valence-electron chi connectivity index (χ3n) is 4.84. The van der Waals surface area contributed by atoms with Crippen LogP contribution in [0.2, 0.25) is 0 Å². The first-order valence-corrected chi connectivity index (χ1v) is 8.33. The van der Waals surface area contributed by atoms with Crippen molar-refractivity contribution in [3.05, 3.63) is 0 Å². The predicted octanol–water partition coefficient (Wildman–Crippen LogP) is 2.51. The molecule has 1 saturated heterocycles. The number of esters is 1. The molecule has 124 valence electrons. The maximum atomic E-state index is 12.0. The van der Waals surface area contributed by atoms with Gasteiger partial charge in [-0.1, -0.05) is 25.7 Å². The van der Waals surface area contributed by atoms with E-state index in [1.54, 1.807) is 0 Å². The van der Waals surface area contributed by atoms with Gasteiger partial charge in [-0.25, -0.2) is 0 Å². The molecule has 21 heavy (non-hydrogen) atoms. The van der Waals surface area contributed by atoms with Crippen LogP contribution < -0.4 is 10.6 Å². The van der Waals surface area contributed by atoms with Crippen molar-refractivity contribution in [2.75, 3.05) is 26.7 Å². The van der Waals surface area contributed by atoms with Crippen LogP contribution in [0.4, 0.5) is 0 Å². The normalized spacial score (nSPS) is 30.6. The van der Waals surface area contributed by atoms with Gasteiger partial charge in [0.25, 0.3) is 0 Å². The van der Waals surface area contributed by atoms with Gasteiger partial charge in [0.05, 0.1) is 13.0 Å². The number of piperidine rings is 1. The van der Waals surface area contributed by atoms with Crippen LogP contribution in [0, 0.1) is 11.8 Å². The monoisotopic (exact) mass is 318 g/mol. The molecule has 5 heteroatoms. The fraction of sp³-hybridized carbons (Fsp3) is 0.938. The summed E-state index contributed by atoms with van der Waals surface area (Å²) < 4.78 is 5.02. The molecule has 3 unspecified atom stereocenters. The number of halogens is 1. The molecule has 3 atom stereocenters. The van der Waals surface area contributed by atoms with Gasteiger partial charge >= 0.3 is 5.97 Å². The minimum Gasteiger partial charge on any atom is -0.469 e. The minimum absolute atomic E-state index is 0. The van der Waals surface area contributed by atoms with Crippen LogP contribution in [0.5, 0.6) is 0 Å². The molecule has 4 nitrogen and oxygen atoms in total. The lowest BCUT2D eigenvalue weighted by atomic mass is 9.86. The summed E-state index contributed by atoms with van der Waals surface area (Å²) in [6.07, 6.45) is 9.61. The van der Waals surface area contributed by atoms with Crippen molar-refractivity contribution in [2.24, 2.45) is 11.8 Å². The summed E-state index contributed by atoms with van der Waals surface area (Å²) in [6.45, 7) is 3.30. The third kappa shape index (κ3) is 6.13. The van der Waals surface area contributed by atoms with Crippen LogP contribution in [-0.2, 0) is 9.53 Å². The molecule has 1 aliphatic heterocycles. The van der Waals surface area contributed by atoms with Crippen molar-refractivity contribution in [1.82, 2.24) is 10.6 Å². The van der Waals surface area contributed by atoms with E-state index in [1.165, 1.54) is 39.2 Å². The smallest absolute Gasteiger partial charge is 0.310 e. The van der Waals surface area contributed by atoms with E-state index in [-0.39, 0.29) is 24.3 Å². The molecule has 2 fully saturated rings. The second-order valence-corrected chi connectivity index (χ2v) is 6.35. The molecule has 0 radical (unpaired) electrons. The summed E-state index contributed by atoms with van der Waals surface area (Å²) in [7, 11) is 1.52. The Labute approximate surface area is 135 Å². The second kappa shape index (κ2) is 10.4. The molecular weight excluding hydrogens is 288 g/mol. The predicted molar refractivity (Wildman–Crippen MR) is 87.8 cm³/mol. The molecule has 1 aliphatic carbocycles. The SMILES string of the molecule is COC(=O)C1CCCCCCC1NCC1CCCNC1.Cl. The summed E-state index contributed by atoms with van der Waals surface area (Å²) in [5.74, 6) is 0.746. The van der Waals surface area contributed by atoms with E-state index in [9.17, 15) is 4.79 Å². The van der Waals surface area contributed by atoms with E-state index >= 15 is 0 Å². The van der Waals surface area contributed by atoms with Gasteiger partial charge in [-0.3, -0.25) is 4.79 Å². The Bertz CT molecular complexity index is 296. The number of carbonyl (C=O) groups excluding carboxylic acids is 1. The highest BCUT2D eigenvalue weighted by Crippen LogP contribution is 2.24. The molecule has 2 N–H and O–H groups in total. The lowest BCUT2D eigenvalue weighted by Crippen LogP contribution is -2.45. The Morgan fingerprint density at radius 2 is 1.90 bits per heavy atom. The zero-order chi connectivity index (χ0) is 14.2. The van der Waals surface area contributed by atoms with Crippen molar-refractivity contribution >= 4 is 18.4 Å². The number of hydrogen-bond acceptors (Lipinski definition) is 4. The Balaban J connectivity index is 0.00000220. The van der Waals surface area contributed by atoms with Crippen LogP contribution in [0.3, 0.4) is 0 Å². The van der Waals surface area contributed by atoms with Gasteiger partial charge in [-0.2, -0.15) is 0 Å². The van der Waals surface area contributed by atoms with Crippen molar-refractivity contribution in [3.63, 3.8) is 0 Å². The van der Waals surface area contributed by atoms with E-state index in [0.717, 1.165) is 38.9 Å². The zero-order valence-corrected chi connectivity index (χ0v) is 14.1. The Morgan fingerprint density at radius 3 is 2.57 bits per heavy atom. The number of methoxy groups -OCH3 is 1. The van der Waals surface area contributed by atoms with Crippen molar-refractivity contribution in [2.45, 2.75) is 57.4 Å². The fourth-order valence-corrected chi connectivity index (χ4v) is 3.58. The molecule has 2 aliphatic rings. The number of rotatable bonds is 4. The van der Waals surface area contributed by atoms with E-state index in [1.807, 2.05) is 0 Å². The lowest BCUT2D eigenvalue weighted by Gasteiger charge is -2.31. The van der Waals surface area contributed by atoms with E-state index in [4.69, 9.17) is 4.74 Å². The third-order valence-corrected chi connectivity index (χ3v) is 4.84. The summed E-state index contributed by atoms with van der Waals surface area (Å²) in [5.41, 5.74) is 0. The highest BCUT2D eigenvalue weighted by molar-refractivity contribution is 5.85. The highest BCUT2D eigenvalue weighted by atomic mass is 35.5. The first-order valence-electron chi connectivity index (χ1n) is 8.33. The number of carbonyl (C=O) groups is 1. The Kier molecular flexibility index (Phi) is 9.29. The van der Waals surface area contributed by atoms with Gasteiger partial charge in [0.15, 0.2) is 0 Å². The molecule has 0 aromatic rings. The molecule has 1 heterocycles. The first-order chi connectivity index (χ1) is 9.81. The summed E-state index contributed by atoms with van der Waals surface area (Å²) in [5, 5.41) is 7.14. The average Bonchev–Trinajstić information content (AvgIpc) is 2.47. The molecule has 0 amide bonds. The number of ether oxygens (including phenoxy) is 1. The number of hydrogen-bond donors (Lipinski definition) is 2. The van der Waals surface area contributed by atoms with Crippen molar-refractivity contribution < 1.29 is 9.53 Å². The second-order valence-electron chi connectivity index (χ2n) is 6.35. The molecule has 1 saturated carbocycles. The molecule has 0 aromatic carbocycles. The summed E-state index contributed by atoms with van der Waals surface area (Å²) in [4.78, 5) is 12.0. The molecular formula is C16H31ClN2O2. The summed E-state index contributed by atoms with van der Waals surface area (Å²) in [6, 6.07) is 0.310. The van der Waals surface area contributed by atoms with Crippen molar-refractivity contribution in [3.8, 4) is 0 Å². The van der Waals surface area contributed by atoms with E-state index in [2.05, 4.69) is 10.6 Å². The van der Waals surface area contributed by atoms with Crippen LogP contribution in [0.15, 0.2) is 0 Å². The van der Waals surface area contributed by atoms with Crippen molar-refractivity contribution in [1.29, 1.82) is 0 Å². The Hall–Kier alpha value is -0.320. The topological polar surface area (TPSA) is 50.4 Å². The largest absolute Gasteiger partial charge is 0.469 e. The van der Waals surface area contributed by atoms with Crippen LogP contribution >= 0.6 is 12.4 Å². The van der Waals surface area contributed by atoms with Crippen LogP contribution in [-0.4, -0.2) is 38.8 Å². The Morgan fingerprint density at radius 1 is 1.14 bits per heavy atom. The highest BCUT2D eigenvalue weighted by Gasteiger charge is 2.30. The van der Waals surface area contributed by atoms with Gasteiger partial charge in [0.2, 0.25) is 0 Å².